The van der Waals surface area contributed by atoms with Crippen molar-refractivity contribution in [3.8, 4) is 5.75 Å². The van der Waals surface area contributed by atoms with Crippen LogP contribution < -0.4 is 15.3 Å². The van der Waals surface area contributed by atoms with Crippen LogP contribution in [0.5, 0.6) is 5.75 Å². The smallest absolute Gasteiger partial charge is 0.339 e. The maximum atomic E-state index is 12.4. The van der Waals surface area contributed by atoms with Crippen LogP contribution >= 0.6 is 0 Å². The SMILES string of the molecule is COC(=O)c1ccccc1N1COc2c(cc3c4c(c(=O)oc3c2C)CCC4)C1. The first-order chi connectivity index (χ1) is 14.1. The molecule has 0 N–H and O–H groups in total. The fraction of sp³-hybridized carbons (Fsp3) is 0.304. The van der Waals surface area contributed by atoms with Gasteiger partial charge in [-0.2, -0.15) is 0 Å². The number of carbonyl (C=O) groups excluding carboxylic acids is 1. The Kier molecular flexibility index (Phi) is 4.08. The zero-order valence-electron chi connectivity index (χ0n) is 16.4. The largest absolute Gasteiger partial charge is 0.472 e. The molecule has 6 nitrogen and oxygen atoms in total. The summed E-state index contributed by atoms with van der Waals surface area (Å²) in [6, 6.07) is 9.44. The van der Waals surface area contributed by atoms with Crippen LogP contribution in [0.25, 0.3) is 11.0 Å². The number of hydrogen-bond donors (Lipinski definition) is 0. The molecule has 0 saturated heterocycles. The van der Waals surface area contributed by atoms with E-state index in [2.05, 4.69) is 6.07 Å². The monoisotopic (exact) mass is 391 g/mol. The number of hydrogen-bond acceptors (Lipinski definition) is 6. The number of aryl methyl sites for hydroxylation is 2. The molecule has 1 aliphatic heterocycles. The number of methoxy groups -OCH3 is 1. The summed E-state index contributed by atoms with van der Waals surface area (Å²) in [6.07, 6.45) is 2.65. The third-order valence-electron chi connectivity index (χ3n) is 5.90. The molecule has 0 amide bonds. The molecule has 1 aliphatic carbocycles. The number of benzene rings is 2. The molecule has 1 aromatic heterocycles. The van der Waals surface area contributed by atoms with Crippen LogP contribution in [-0.2, 0) is 24.1 Å². The molecular formula is C23H21NO5. The molecule has 3 aromatic rings. The Labute approximate surface area is 167 Å². The molecule has 0 fully saturated rings. The summed E-state index contributed by atoms with van der Waals surface area (Å²) in [4.78, 5) is 26.5. The molecule has 148 valence electrons. The Morgan fingerprint density at radius 3 is 2.79 bits per heavy atom. The minimum atomic E-state index is -0.374. The van der Waals surface area contributed by atoms with Gasteiger partial charge in [-0.25, -0.2) is 9.59 Å². The highest BCUT2D eigenvalue weighted by molar-refractivity contribution is 5.96. The molecule has 0 unspecified atom stereocenters. The van der Waals surface area contributed by atoms with Crippen molar-refractivity contribution in [3.05, 3.63) is 68.6 Å². The number of esters is 1. The Bertz CT molecular complexity index is 1210. The average molecular weight is 391 g/mol. The van der Waals surface area contributed by atoms with Gasteiger partial charge in [0.2, 0.25) is 0 Å². The van der Waals surface area contributed by atoms with Crippen molar-refractivity contribution >= 4 is 22.6 Å². The fourth-order valence-electron chi connectivity index (χ4n) is 4.53. The first-order valence-electron chi connectivity index (χ1n) is 9.74. The first-order valence-corrected chi connectivity index (χ1v) is 9.74. The van der Waals surface area contributed by atoms with Gasteiger partial charge in [0.1, 0.15) is 11.3 Å². The van der Waals surface area contributed by atoms with E-state index in [-0.39, 0.29) is 11.6 Å². The van der Waals surface area contributed by atoms with Crippen LogP contribution in [0.2, 0.25) is 0 Å². The zero-order chi connectivity index (χ0) is 20.1. The van der Waals surface area contributed by atoms with Crippen molar-refractivity contribution in [2.45, 2.75) is 32.7 Å². The number of nitrogens with zero attached hydrogens (tertiary/aromatic N) is 1. The Morgan fingerprint density at radius 1 is 1.17 bits per heavy atom. The topological polar surface area (TPSA) is 69.0 Å². The van der Waals surface area contributed by atoms with Gasteiger partial charge < -0.3 is 18.8 Å². The molecule has 0 atom stereocenters. The lowest BCUT2D eigenvalue weighted by Gasteiger charge is -2.32. The van der Waals surface area contributed by atoms with Crippen molar-refractivity contribution in [2.75, 3.05) is 18.7 Å². The van der Waals surface area contributed by atoms with Crippen molar-refractivity contribution < 1.29 is 18.7 Å². The van der Waals surface area contributed by atoms with Gasteiger partial charge in [-0.15, -0.1) is 0 Å². The minimum absolute atomic E-state index is 0.225. The van der Waals surface area contributed by atoms with Crippen LogP contribution in [0.4, 0.5) is 5.69 Å². The van der Waals surface area contributed by atoms with Crippen LogP contribution in [0.15, 0.2) is 39.5 Å². The molecule has 0 bridgehead atoms. The maximum absolute atomic E-state index is 12.4. The van der Waals surface area contributed by atoms with E-state index in [1.54, 1.807) is 6.07 Å². The highest BCUT2D eigenvalue weighted by Gasteiger charge is 2.27. The van der Waals surface area contributed by atoms with E-state index in [0.717, 1.165) is 58.3 Å². The third-order valence-corrected chi connectivity index (χ3v) is 5.90. The van der Waals surface area contributed by atoms with Crippen LogP contribution in [0.1, 0.15) is 39.0 Å². The lowest BCUT2D eigenvalue weighted by molar-refractivity contribution is 0.0601. The molecule has 2 heterocycles. The quantitative estimate of drug-likeness (QED) is 0.490. The van der Waals surface area contributed by atoms with E-state index in [1.165, 1.54) is 7.11 Å². The van der Waals surface area contributed by atoms with E-state index in [1.807, 2.05) is 30.0 Å². The highest BCUT2D eigenvalue weighted by Crippen LogP contribution is 2.39. The van der Waals surface area contributed by atoms with Crippen LogP contribution in [0, 0.1) is 6.92 Å². The number of ether oxygens (including phenoxy) is 2. The minimum Gasteiger partial charge on any atom is -0.472 e. The highest BCUT2D eigenvalue weighted by atomic mass is 16.5. The van der Waals surface area contributed by atoms with Crippen LogP contribution in [0.3, 0.4) is 0 Å². The summed E-state index contributed by atoms with van der Waals surface area (Å²) in [7, 11) is 1.38. The van der Waals surface area contributed by atoms with Crippen molar-refractivity contribution in [1.82, 2.24) is 0 Å². The van der Waals surface area contributed by atoms with Crippen molar-refractivity contribution in [2.24, 2.45) is 0 Å². The molecule has 0 spiro atoms. The molecule has 2 aliphatic rings. The predicted molar refractivity (Wildman–Crippen MR) is 109 cm³/mol. The summed E-state index contributed by atoms with van der Waals surface area (Å²) >= 11 is 0. The molecule has 2 aromatic carbocycles. The number of para-hydroxylation sites is 1. The predicted octanol–water partition coefficient (Wildman–Crippen LogP) is 3.73. The van der Waals surface area contributed by atoms with Crippen molar-refractivity contribution in [3.63, 3.8) is 0 Å². The summed E-state index contributed by atoms with van der Waals surface area (Å²) in [5, 5.41) is 1.00. The summed E-state index contributed by atoms with van der Waals surface area (Å²) in [6.45, 7) is 2.82. The van der Waals surface area contributed by atoms with Gasteiger partial charge in [0.15, 0.2) is 6.73 Å². The number of anilines is 1. The Hall–Kier alpha value is -3.28. The van der Waals surface area contributed by atoms with Crippen molar-refractivity contribution in [1.29, 1.82) is 0 Å². The van der Waals surface area contributed by atoms with E-state index in [9.17, 15) is 9.59 Å². The van der Waals surface area contributed by atoms with E-state index < -0.39 is 0 Å². The standard InChI is InChI=1S/C23H21NO5/c1-13-20-14(10-18-15-7-5-8-16(15)23(26)29-21(13)18)11-24(12-28-20)19-9-4-3-6-17(19)22(25)27-2/h3-4,6,9-10H,5,7-8,11-12H2,1-2H3. The lowest BCUT2D eigenvalue weighted by Crippen LogP contribution is -2.33. The fourth-order valence-corrected chi connectivity index (χ4v) is 4.53. The molecule has 5 rings (SSSR count). The summed E-state index contributed by atoms with van der Waals surface area (Å²) in [5.74, 6) is 0.381. The Morgan fingerprint density at radius 2 is 1.97 bits per heavy atom. The average Bonchev–Trinajstić information content (AvgIpc) is 3.25. The molecule has 0 saturated carbocycles. The summed E-state index contributed by atoms with van der Waals surface area (Å²) < 4.78 is 16.7. The second-order valence-corrected chi connectivity index (χ2v) is 7.55. The second kappa shape index (κ2) is 6.65. The van der Waals surface area contributed by atoms with Gasteiger partial charge in [-0.1, -0.05) is 12.1 Å². The lowest BCUT2D eigenvalue weighted by atomic mass is 9.98. The van der Waals surface area contributed by atoms with E-state index in [4.69, 9.17) is 13.9 Å². The summed E-state index contributed by atoms with van der Waals surface area (Å²) in [5.41, 5.74) is 5.46. The van der Waals surface area contributed by atoms with Gasteiger partial charge >= 0.3 is 11.6 Å². The van der Waals surface area contributed by atoms with E-state index in [0.29, 0.717) is 24.4 Å². The number of rotatable bonds is 2. The van der Waals surface area contributed by atoms with E-state index >= 15 is 0 Å². The number of fused-ring (bicyclic) bond motifs is 4. The molecular weight excluding hydrogens is 370 g/mol. The molecule has 6 heteroatoms. The zero-order valence-corrected chi connectivity index (χ0v) is 16.4. The molecule has 0 radical (unpaired) electrons. The molecule has 29 heavy (non-hydrogen) atoms. The maximum Gasteiger partial charge on any atom is 0.339 e. The Balaban J connectivity index is 1.62. The van der Waals surface area contributed by atoms with Gasteiger partial charge in [0, 0.05) is 28.6 Å². The van der Waals surface area contributed by atoms with Gasteiger partial charge in [0.05, 0.1) is 18.4 Å². The normalized spacial score (nSPS) is 15.0. The second-order valence-electron chi connectivity index (χ2n) is 7.55. The van der Waals surface area contributed by atoms with Gasteiger partial charge in [-0.05, 0) is 49.9 Å². The van der Waals surface area contributed by atoms with Gasteiger partial charge in [0.25, 0.3) is 0 Å². The van der Waals surface area contributed by atoms with Gasteiger partial charge in [-0.3, -0.25) is 0 Å². The van der Waals surface area contributed by atoms with Crippen LogP contribution in [-0.4, -0.2) is 19.8 Å². The third kappa shape index (κ3) is 2.70. The number of carbonyl (C=O) groups is 1. The first kappa shape index (κ1) is 17.8.